The van der Waals surface area contributed by atoms with Gasteiger partial charge in [-0.3, -0.25) is 0 Å². The highest BCUT2D eigenvalue weighted by molar-refractivity contribution is 6.31. The zero-order chi connectivity index (χ0) is 77.7. The first-order valence-corrected chi connectivity index (χ1v) is 41.0. The van der Waals surface area contributed by atoms with Crippen LogP contribution < -0.4 is 0 Å². The van der Waals surface area contributed by atoms with Gasteiger partial charge in [-0.1, -0.05) is 449 Å². The molecule has 0 aliphatic heterocycles. The highest BCUT2D eigenvalue weighted by atomic mass is 14.4. The molecule has 0 heterocycles. The molecule has 23 aromatic carbocycles. The largest absolute Gasteiger partial charge is 0.0622 e. The second kappa shape index (κ2) is 28.3. The van der Waals surface area contributed by atoms with Crippen LogP contribution in [-0.2, 0) is 0 Å². The van der Waals surface area contributed by atoms with Crippen LogP contribution in [-0.4, -0.2) is 0 Å². The highest BCUT2D eigenvalue weighted by Crippen LogP contribution is 2.61. The van der Waals surface area contributed by atoms with Crippen LogP contribution in [0.5, 0.6) is 0 Å². The topological polar surface area (TPSA) is 0 Å². The molecule has 0 nitrogen and oxygen atoms in total. The Hall–Kier alpha value is -15.3. The molecule has 0 fully saturated rings. The molecule has 0 radical (unpaired) electrons. The lowest BCUT2D eigenvalue weighted by Gasteiger charge is -2.29. The average molecular weight is 1490 g/mol. The first-order valence-electron chi connectivity index (χ1n) is 41.0. The molecule has 0 heteroatoms. The van der Waals surface area contributed by atoms with E-state index in [0.29, 0.717) is 0 Å². The summed E-state index contributed by atoms with van der Waals surface area (Å²) in [6.07, 6.45) is 0. The molecule has 0 aliphatic carbocycles. The lowest BCUT2D eigenvalue weighted by Crippen LogP contribution is -2.02. The third-order valence-corrected chi connectivity index (χ3v) is 25.0. The van der Waals surface area contributed by atoms with E-state index < -0.39 is 0 Å². The Kier molecular flexibility index (Phi) is 16.4. The highest BCUT2D eigenvalue weighted by Gasteiger charge is 2.34. The van der Waals surface area contributed by atoms with Crippen molar-refractivity contribution in [2.45, 2.75) is 0 Å². The molecule has 0 N–H and O–H groups in total. The minimum absolute atomic E-state index is 1.13. The maximum absolute atomic E-state index is 2.43. The van der Waals surface area contributed by atoms with Gasteiger partial charge in [0.2, 0.25) is 0 Å². The molecule has 0 amide bonds. The van der Waals surface area contributed by atoms with Crippen molar-refractivity contribution < 1.29 is 0 Å². The van der Waals surface area contributed by atoms with E-state index in [9.17, 15) is 0 Å². The quantitative estimate of drug-likeness (QED) is 0.0752. The first-order chi connectivity index (χ1) is 58.6. The first kappa shape index (κ1) is 68.3. The van der Waals surface area contributed by atoms with Gasteiger partial charge in [0.15, 0.2) is 0 Å². The smallest absolute Gasteiger partial charge is 0.000763 e. The van der Waals surface area contributed by atoms with E-state index in [1.165, 1.54) is 175 Å². The van der Waals surface area contributed by atoms with E-state index in [0.717, 1.165) is 66.8 Å². The lowest BCUT2D eigenvalue weighted by atomic mass is 9.73. The third kappa shape index (κ3) is 11.1. The predicted octanol–water partition coefficient (Wildman–Crippen LogP) is 33.1. The summed E-state index contributed by atoms with van der Waals surface area (Å²) >= 11 is 0. The van der Waals surface area contributed by atoms with Gasteiger partial charge in [-0.2, -0.15) is 0 Å². The molecule has 0 saturated heterocycles. The van der Waals surface area contributed by atoms with Gasteiger partial charge < -0.3 is 0 Å². The fourth-order valence-electron chi connectivity index (χ4n) is 20.0. The summed E-state index contributed by atoms with van der Waals surface area (Å²) in [7, 11) is 0. The summed E-state index contributed by atoms with van der Waals surface area (Å²) in [6, 6.07) is 169. The van der Waals surface area contributed by atoms with Crippen LogP contribution in [0.3, 0.4) is 0 Å². The molecule has 0 aromatic heterocycles. The molecular weight excluding hydrogens is 1420 g/mol. The Morgan fingerprint density at radius 3 is 0.483 bits per heavy atom. The second-order valence-electron chi connectivity index (χ2n) is 31.4. The summed E-state index contributed by atoms with van der Waals surface area (Å²) in [4.78, 5) is 0. The monoisotopic (exact) mass is 1490 g/mol. The normalized spacial score (nSPS) is 11.7. The van der Waals surface area contributed by atoms with E-state index in [1.54, 1.807) is 0 Å². The number of rotatable bonds is 14. The van der Waals surface area contributed by atoms with Crippen LogP contribution in [0.2, 0.25) is 0 Å². The van der Waals surface area contributed by atoms with Crippen molar-refractivity contribution in [1.29, 1.82) is 0 Å². The fraction of sp³-hybridized carbons (Fsp3) is 0. The Labute approximate surface area is 686 Å². The summed E-state index contributed by atoms with van der Waals surface area (Å²) in [5.41, 5.74) is 32.8. The van der Waals surface area contributed by atoms with Crippen molar-refractivity contribution in [1.82, 2.24) is 0 Å². The van der Waals surface area contributed by atoms with Crippen LogP contribution in [0.1, 0.15) is 0 Å². The second-order valence-corrected chi connectivity index (χ2v) is 31.4. The maximum Gasteiger partial charge on any atom is -0.000763 e. The number of hydrogen-bond acceptors (Lipinski definition) is 0. The van der Waals surface area contributed by atoms with Crippen molar-refractivity contribution in [3.63, 3.8) is 0 Å². The molecule has 546 valence electrons. The van der Waals surface area contributed by atoms with Gasteiger partial charge in [-0.05, 0) is 242 Å². The lowest BCUT2D eigenvalue weighted by molar-refractivity contribution is 1.52. The van der Waals surface area contributed by atoms with E-state index in [4.69, 9.17) is 0 Å². The standard InChI is InChI=1S/C118H74/c1-9-31-75(32-10-1)107-109(77-35-13-3-14-36-77)113(81-43-21-7-22-44-81)117(99-73-69-89-61-55-83-47-29-49-85-67-71-97(99)105(89)101(83)85)115(111(107)79-39-17-5-18-40-79)91-63-57-87(58-64-91)103-93-51-25-27-53-95(93)104(96-54-28-26-52-94(96)103)88-59-65-92(66-60-88)116-112(80-41-19-6-20-42-80)108(76-33-11-2-12-34-76)110(78-37-15-4-16-38-78)114(82-45-23-8-24-46-82)118(116)100-74-70-90-62-56-84-48-30-50-86-68-72-98(100)106(90)102(84)86/h1-74H. The van der Waals surface area contributed by atoms with Crippen molar-refractivity contribution in [3.05, 3.63) is 449 Å². The molecule has 0 aliphatic rings. The van der Waals surface area contributed by atoms with Crippen LogP contribution in [0.4, 0.5) is 0 Å². The minimum Gasteiger partial charge on any atom is -0.0622 e. The molecule has 23 rings (SSSR count). The van der Waals surface area contributed by atoms with Crippen LogP contribution >= 0.6 is 0 Å². The summed E-state index contributed by atoms with van der Waals surface area (Å²) in [6.45, 7) is 0. The summed E-state index contributed by atoms with van der Waals surface area (Å²) in [5.74, 6) is 0. The van der Waals surface area contributed by atoms with Gasteiger partial charge in [-0.25, -0.2) is 0 Å². The Morgan fingerprint density at radius 1 is 0.0847 bits per heavy atom. The molecule has 0 saturated carbocycles. The Morgan fingerprint density at radius 2 is 0.254 bits per heavy atom. The molecule has 23 aromatic rings. The summed E-state index contributed by atoms with van der Waals surface area (Å²) in [5, 5.41) is 19.8. The van der Waals surface area contributed by atoms with Crippen molar-refractivity contribution >= 4 is 86.2 Å². The van der Waals surface area contributed by atoms with E-state index in [1.807, 2.05) is 0 Å². The molecule has 0 unspecified atom stereocenters. The predicted molar refractivity (Wildman–Crippen MR) is 505 cm³/mol. The maximum atomic E-state index is 2.43. The minimum atomic E-state index is 1.13. The molecule has 118 heavy (non-hydrogen) atoms. The number of hydrogen-bond donors (Lipinski definition) is 0. The van der Waals surface area contributed by atoms with E-state index in [-0.39, 0.29) is 0 Å². The van der Waals surface area contributed by atoms with Crippen LogP contribution in [0.25, 0.3) is 242 Å². The molecule has 0 spiro atoms. The van der Waals surface area contributed by atoms with Gasteiger partial charge in [0.05, 0.1) is 0 Å². The van der Waals surface area contributed by atoms with Gasteiger partial charge in [-0.15, -0.1) is 0 Å². The molecule has 0 atom stereocenters. The Bertz CT molecular complexity index is 7240. The SMILES string of the molecule is c1ccc(-c2c(-c3ccccc3)c(-c3ccccc3)c(-c3ccc4ccc5cccc6ccc3c4c56)c(-c3ccc(-c4c5ccccc5c(-c5ccc(-c6c(-c7ccccc7)c(-c7ccccc7)c(-c7ccccc7)c(-c7ccccc7)c6-c6ccc7ccc8cccc9ccc6c7c89)cc5)c5ccccc45)cc3)c2-c2ccccc2)cc1. The zero-order valence-corrected chi connectivity index (χ0v) is 64.7. The number of benzene rings is 23. The zero-order valence-electron chi connectivity index (χ0n) is 64.7. The van der Waals surface area contributed by atoms with Gasteiger partial charge in [0, 0.05) is 0 Å². The van der Waals surface area contributed by atoms with Gasteiger partial charge in [0.1, 0.15) is 0 Å². The van der Waals surface area contributed by atoms with Crippen molar-refractivity contribution in [3.8, 4) is 156 Å². The van der Waals surface area contributed by atoms with Gasteiger partial charge in [0.25, 0.3) is 0 Å². The van der Waals surface area contributed by atoms with Crippen molar-refractivity contribution in [2.75, 3.05) is 0 Å². The Balaban J connectivity index is 0.766. The van der Waals surface area contributed by atoms with Crippen LogP contribution in [0, 0.1) is 0 Å². The average Bonchev–Trinajstić information content (AvgIpc) is 0.702. The third-order valence-electron chi connectivity index (χ3n) is 25.0. The fourth-order valence-corrected chi connectivity index (χ4v) is 20.0. The summed E-state index contributed by atoms with van der Waals surface area (Å²) < 4.78 is 0. The van der Waals surface area contributed by atoms with E-state index in [2.05, 4.69) is 449 Å². The molecular formula is C118H74. The van der Waals surface area contributed by atoms with E-state index >= 15 is 0 Å². The number of fused-ring (bicyclic) bond motifs is 2. The van der Waals surface area contributed by atoms with Crippen molar-refractivity contribution in [2.24, 2.45) is 0 Å². The molecule has 0 bridgehead atoms. The van der Waals surface area contributed by atoms with Crippen LogP contribution in [0.15, 0.2) is 449 Å². The van der Waals surface area contributed by atoms with Gasteiger partial charge >= 0.3 is 0 Å².